The maximum atomic E-state index is 12.3. The summed E-state index contributed by atoms with van der Waals surface area (Å²) in [7, 11) is -3.20. The van der Waals surface area contributed by atoms with E-state index in [1.807, 2.05) is 19.1 Å². The third-order valence-corrected chi connectivity index (χ3v) is 4.75. The summed E-state index contributed by atoms with van der Waals surface area (Å²) < 4.78 is 26.1. The zero-order chi connectivity index (χ0) is 14.1. The second-order valence-corrected chi connectivity index (χ2v) is 6.55. The first-order chi connectivity index (χ1) is 9.10. The Morgan fingerprint density at radius 3 is 2.53 bits per heavy atom. The Balaban J connectivity index is 2.61. The number of nitrogens with two attached hydrogens (primary N) is 1. The minimum atomic E-state index is -3.20. The number of nitrogens with zero attached hydrogens (tertiary/aromatic N) is 2. The summed E-state index contributed by atoms with van der Waals surface area (Å²) in [6, 6.07) is 3.69. The molecule has 0 amide bonds. The fraction of sp³-hybridized carbons (Fsp3) is 0.615. The number of aromatic nitrogens is 1. The second-order valence-electron chi connectivity index (χ2n) is 4.46. The highest BCUT2D eigenvalue weighted by Gasteiger charge is 2.20. The molecule has 0 aliphatic carbocycles. The van der Waals surface area contributed by atoms with Gasteiger partial charge in [-0.25, -0.2) is 12.7 Å². The molecule has 0 unspecified atom stereocenters. The predicted octanol–water partition coefficient (Wildman–Crippen LogP) is 1.01. The maximum Gasteiger partial charge on any atom is 0.214 e. The van der Waals surface area contributed by atoms with Crippen LogP contribution in [0.4, 0.5) is 0 Å². The number of hydrogen-bond acceptors (Lipinski definition) is 4. The monoisotopic (exact) mass is 285 g/mol. The summed E-state index contributed by atoms with van der Waals surface area (Å²) in [5.74, 6) is 0.140. The van der Waals surface area contributed by atoms with Crippen LogP contribution < -0.4 is 5.73 Å². The largest absolute Gasteiger partial charge is 0.330 e. The molecule has 0 saturated heterocycles. The zero-order valence-corrected chi connectivity index (χ0v) is 12.3. The van der Waals surface area contributed by atoms with E-state index in [9.17, 15) is 8.42 Å². The van der Waals surface area contributed by atoms with E-state index in [1.165, 1.54) is 0 Å². The normalized spacial score (nSPS) is 11.9. The molecule has 0 spiro atoms. The van der Waals surface area contributed by atoms with Gasteiger partial charge in [-0.15, -0.1) is 0 Å². The highest BCUT2D eigenvalue weighted by atomic mass is 32.2. The van der Waals surface area contributed by atoms with E-state index in [0.717, 1.165) is 12.0 Å². The van der Waals surface area contributed by atoms with Gasteiger partial charge in [-0.3, -0.25) is 4.98 Å². The fourth-order valence-corrected chi connectivity index (χ4v) is 3.45. The van der Waals surface area contributed by atoms with Gasteiger partial charge in [0.1, 0.15) is 0 Å². The van der Waals surface area contributed by atoms with Crippen LogP contribution >= 0.6 is 0 Å². The van der Waals surface area contributed by atoms with E-state index >= 15 is 0 Å². The van der Waals surface area contributed by atoms with Gasteiger partial charge in [0.2, 0.25) is 10.0 Å². The molecular formula is C13H23N3O2S. The quantitative estimate of drug-likeness (QED) is 0.735. The Labute approximate surface area is 115 Å². The molecule has 19 heavy (non-hydrogen) atoms. The lowest BCUT2D eigenvalue weighted by Gasteiger charge is -2.21. The van der Waals surface area contributed by atoms with Crippen LogP contribution in [-0.2, 0) is 16.4 Å². The Morgan fingerprint density at radius 2 is 1.95 bits per heavy atom. The van der Waals surface area contributed by atoms with E-state index in [-0.39, 0.29) is 5.75 Å². The molecule has 1 aromatic rings. The third-order valence-electron chi connectivity index (χ3n) is 2.88. The Bertz CT molecular complexity index is 448. The molecule has 0 atom stereocenters. The Morgan fingerprint density at radius 1 is 1.26 bits per heavy atom. The van der Waals surface area contributed by atoms with E-state index in [1.54, 1.807) is 16.7 Å². The molecule has 0 aliphatic rings. The van der Waals surface area contributed by atoms with Crippen LogP contribution in [0.2, 0.25) is 0 Å². The van der Waals surface area contributed by atoms with Gasteiger partial charge in [0.05, 0.1) is 5.75 Å². The molecular weight excluding hydrogens is 262 g/mol. The number of aryl methyl sites for hydroxylation is 1. The molecule has 0 fully saturated rings. The summed E-state index contributed by atoms with van der Waals surface area (Å²) in [6.07, 6.45) is 5.40. The molecule has 0 aliphatic heterocycles. The van der Waals surface area contributed by atoms with Gasteiger partial charge in [0.25, 0.3) is 0 Å². The topological polar surface area (TPSA) is 76.3 Å². The van der Waals surface area contributed by atoms with Gasteiger partial charge >= 0.3 is 0 Å². The maximum absolute atomic E-state index is 12.3. The number of sulfonamides is 1. The summed E-state index contributed by atoms with van der Waals surface area (Å²) in [4.78, 5) is 3.92. The third kappa shape index (κ3) is 5.67. The molecule has 0 saturated carbocycles. The molecule has 108 valence electrons. The van der Waals surface area contributed by atoms with Crippen molar-refractivity contribution >= 4 is 10.0 Å². The smallest absolute Gasteiger partial charge is 0.214 e. The van der Waals surface area contributed by atoms with Gasteiger partial charge in [0.15, 0.2) is 0 Å². The first kappa shape index (κ1) is 16.1. The van der Waals surface area contributed by atoms with Gasteiger partial charge in [-0.1, -0.05) is 6.92 Å². The zero-order valence-electron chi connectivity index (χ0n) is 11.5. The summed E-state index contributed by atoms with van der Waals surface area (Å²) in [5.41, 5.74) is 6.45. The van der Waals surface area contributed by atoms with Crippen molar-refractivity contribution in [1.29, 1.82) is 0 Å². The average molecular weight is 285 g/mol. The lowest BCUT2D eigenvalue weighted by Crippen LogP contribution is -2.35. The van der Waals surface area contributed by atoms with Crippen molar-refractivity contribution in [3.63, 3.8) is 0 Å². The van der Waals surface area contributed by atoms with E-state index < -0.39 is 10.0 Å². The molecule has 5 nitrogen and oxygen atoms in total. The van der Waals surface area contributed by atoms with Crippen LogP contribution in [0.1, 0.15) is 25.3 Å². The van der Waals surface area contributed by atoms with Crippen molar-refractivity contribution in [2.75, 3.05) is 25.4 Å². The molecule has 6 heteroatoms. The summed E-state index contributed by atoms with van der Waals surface area (Å²) in [6.45, 7) is 3.58. The fourth-order valence-electron chi connectivity index (χ4n) is 1.83. The van der Waals surface area contributed by atoms with Crippen LogP contribution in [0.15, 0.2) is 24.5 Å². The van der Waals surface area contributed by atoms with Crippen LogP contribution in [-0.4, -0.2) is 43.1 Å². The van der Waals surface area contributed by atoms with Gasteiger partial charge in [0, 0.05) is 25.5 Å². The van der Waals surface area contributed by atoms with Crippen molar-refractivity contribution in [2.24, 2.45) is 5.73 Å². The van der Waals surface area contributed by atoms with E-state index in [4.69, 9.17) is 5.73 Å². The Hall–Kier alpha value is -0.980. The van der Waals surface area contributed by atoms with Crippen LogP contribution in [0.3, 0.4) is 0 Å². The second kappa shape index (κ2) is 8.24. The number of pyridine rings is 1. The first-order valence-corrected chi connectivity index (χ1v) is 8.28. The average Bonchev–Trinajstić information content (AvgIpc) is 2.42. The van der Waals surface area contributed by atoms with E-state index in [2.05, 4.69) is 4.98 Å². The highest BCUT2D eigenvalue weighted by Crippen LogP contribution is 2.08. The van der Waals surface area contributed by atoms with Crippen LogP contribution in [0.25, 0.3) is 0 Å². The molecule has 0 bridgehead atoms. The minimum Gasteiger partial charge on any atom is -0.330 e. The van der Waals surface area contributed by atoms with Crippen molar-refractivity contribution in [3.8, 4) is 0 Å². The summed E-state index contributed by atoms with van der Waals surface area (Å²) in [5, 5.41) is 0. The van der Waals surface area contributed by atoms with Gasteiger partial charge in [-0.2, -0.15) is 0 Å². The molecule has 1 rings (SSSR count). The number of rotatable bonds is 9. The van der Waals surface area contributed by atoms with Gasteiger partial charge in [-0.05, 0) is 43.5 Å². The molecule has 0 aromatic carbocycles. The van der Waals surface area contributed by atoms with Crippen LogP contribution in [0.5, 0.6) is 0 Å². The molecule has 1 aromatic heterocycles. The van der Waals surface area contributed by atoms with Crippen LogP contribution in [0, 0.1) is 0 Å². The minimum absolute atomic E-state index is 0.140. The SMILES string of the molecule is CCCN(CCCN)S(=O)(=O)CCc1ccncc1. The Kier molecular flexibility index (Phi) is 6.97. The van der Waals surface area contributed by atoms with Crippen molar-refractivity contribution in [3.05, 3.63) is 30.1 Å². The predicted molar refractivity (Wildman–Crippen MR) is 77.3 cm³/mol. The molecule has 2 N–H and O–H groups in total. The lowest BCUT2D eigenvalue weighted by molar-refractivity contribution is 0.406. The first-order valence-electron chi connectivity index (χ1n) is 6.67. The number of hydrogen-bond donors (Lipinski definition) is 1. The lowest BCUT2D eigenvalue weighted by atomic mass is 10.2. The molecule has 1 heterocycles. The standard InChI is InChI=1S/C13H23N3O2S/c1-2-10-16(11-3-7-14)19(17,18)12-6-13-4-8-15-9-5-13/h4-5,8-9H,2-3,6-7,10-12,14H2,1H3. The van der Waals surface area contributed by atoms with E-state index in [0.29, 0.717) is 32.5 Å². The van der Waals surface area contributed by atoms with Crippen molar-refractivity contribution in [1.82, 2.24) is 9.29 Å². The summed E-state index contributed by atoms with van der Waals surface area (Å²) >= 11 is 0. The highest BCUT2D eigenvalue weighted by molar-refractivity contribution is 7.89. The van der Waals surface area contributed by atoms with Crippen molar-refractivity contribution < 1.29 is 8.42 Å². The van der Waals surface area contributed by atoms with Gasteiger partial charge < -0.3 is 5.73 Å². The molecule has 0 radical (unpaired) electrons. The van der Waals surface area contributed by atoms with Crippen molar-refractivity contribution in [2.45, 2.75) is 26.2 Å².